The van der Waals surface area contributed by atoms with Crippen LogP contribution in [-0.4, -0.2) is 64.5 Å². The molecule has 176 valence electrons. The molecule has 1 aromatic carbocycles. The van der Waals surface area contributed by atoms with Crippen LogP contribution in [0.4, 0.5) is 0 Å². The van der Waals surface area contributed by atoms with E-state index in [9.17, 15) is 13.2 Å². The van der Waals surface area contributed by atoms with Gasteiger partial charge in [0.05, 0.1) is 32.6 Å². The molecule has 0 unspecified atom stereocenters. The van der Waals surface area contributed by atoms with Crippen LogP contribution in [0.25, 0.3) is 21.6 Å². The Labute approximate surface area is 202 Å². The van der Waals surface area contributed by atoms with Crippen molar-refractivity contribution in [2.24, 2.45) is 0 Å². The van der Waals surface area contributed by atoms with E-state index in [1.54, 1.807) is 51.4 Å². The van der Waals surface area contributed by atoms with Crippen LogP contribution in [0.2, 0.25) is 0 Å². The molecule has 0 aliphatic carbocycles. The van der Waals surface area contributed by atoms with E-state index < -0.39 is 10.0 Å². The highest BCUT2D eigenvalue weighted by molar-refractivity contribution is 7.89. The molecule has 5 rings (SSSR count). The van der Waals surface area contributed by atoms with Gasteiger partial charge in [-0.25, -0.2) is 18.1 Å². The number of benzene rings is 1. The Hall–Kier alpha value is -3.08. The number of carbonyl (C=O) groups excluding carboxylic acids is 1. The molecule has 0 saturated carbocycles. The number of fused-ring (bicyclic) bond motifs is 1. The minimum Gasteiger partial charge on any atom is -0.336 e. The maximum Gasteiger partial charge on any atom is 0.254 e. The summed E-state index contributed by atoms with van der Waals surface area (Å²) in [7, 11) is -3.59. The lowest BCUT2D eigenvalue weighted by molar-refractivity contribution is 0.0700. The van der Waals surface area contributed by atoms with Crippen LogP contribution in [0, 0.1) is 6.92 Å². The summed E-state index contributed by atoms with van der Waals surface area (Å²) < 4.78 is 29.3. The first-order valence-corrected chi connectivity index (χ1v) is 13.5. The van der Waals surface area contributed by atoms with Gasteiger partial charge in [0.25, 0.3) is 5.91 Å². The molecule has 1 saturated heterocycles. The first-order valence-electron chi connectivity index (χ1n) is 11.1. The highest BCUT2D eigenvalue weighted by Gasteiger charge is 2.31. The predicted octanol–water partition coefficient (Wildman–Crippen LogP) is 3.63. The summed E-state index contributed by atoms with van der Waals surface area (Å²) >= 11 is 1.57. The van der Waals surface area contributed by atoms with Crippen molar-refractivity contribution in [3.8, 4) is 10.6 Å². The van der Waals surface area contributed by atoms with E-state index in [0.717, 1.165) is 16.1 Å². The van der Waals surface area contributed by atoms with Gasteiger partial charge in [0.15, 0.2) is 5.65 Å². The third kappa shape index (κ3) is 4.02. The van der Waals surface area contributed by atoms with E-state index in [1.807, 2.05) is 37.4 Å². The van der Waals surface area contributed by atoms with Gasteiger partial charge < -0.3 is 4.90 Å². The molecule has 0 N–H and O–H groups in total. The molecule has 1 fully saturated rings. The van der Waals surface area contributed by atoms with Crippen molar-refractivity contribution in [2.75, 3.05) is 26.2 Å². The van der Waals surface area contributed by atoms with E-state index in [0.29, 0.717) is 36.2 Å². The topological polar surface area (TPSA) is 88.4 Å². The van der Waals surface area contributed by atoms with Gasteiger partial charge in [-0.3, -0.25) is 4.79 Å². The number of piperazine rings is 1. The molecule has 0 atom stereocenters. The number of sulfonamides is 1. The number of aryl methyl sites for hydroxylation is 2. The molecule has 34 heavy (non-hydrogen) atoms. The van der Waals surface area contributed by atoms with E-state index in [4.69, 9.17) is 4.98 Å². The van der Waals surface area contributed by atoms with Crippen LogP contribution in [0.1, 0.15) is 22.8 Å². The molecule has 0 spiro atoms. The molecule has 1 amide bonds. The molecule has 0 radical (unpaired) electrons. The number of thiophene rings is 1. The van der Waals surface area contributed by atoms with Crippen molar-refractivity contribution in [2.45, 2.75) is 25.3 Å². The Balaban J connectivity index is 1.41. The van der Waals surface area contributed by atoms with E-state index >= 15 is 0 Å². The zero-order valence-corrected chi connectivity index (χ0v) is 20.6. The summed E-state index contributed by atoms with van der Waals surface area (Å²) in [6, 6.07) is 12.6. The largest absolute Gasteiger partial charge is 0.336 e. The zero-order chi connectivity index (χ0) is 23.9. The number of rotatable bonds is 5. The van der Waals surface area contributed by atoms with Gasteiger partial charge in [0.2, 0.25) is 10.0 Å². The Morgan fingerprint density at radius 2 is 1.82 bits per heavy atom. The smallest absolute Gasteiger partial charge is 0.254 e. The number of amides is 1. The molecule has 0 bridgehead atoms. The lowest BCUT2D eigenvalue weighted by Gasteiger charge is -2.34. The molecule has 3 aromatic heterocycles. The molecule has 1 aliphatic rings. The highest BCUT2D eigenvalue weighted by atomic mass is 32.2. The fourth-order valence-corrected chi connectivity index (χ4v) is 6.28. The average molecular weight is 496 g/mol. The van der Waals surface area contributed by atoms with Gasteiger partial charge in [-0.2, -0.15) is 9.40 Å². The van der Waals surface area contributed by atoms with Crippen molar-refractivity contribution >= 4 is 38.3 Å². The zero-order valence-electron chi connectivity index (χ0n) is 19.0. The molecule has 10 heteroatoms. The number of aromatic nitrogens is 3. The van der Waals surface area contributed by atoms with E-state index in [1.165, 1.54) is 4.31 Å². The molecule has 8 nitrogen and oxygen atoms in total. The summed E-state index contributed by atoms with van der Waals surface area (Å²) in [4.78, 5) is 21.3. The maximum atomic E-state index is 13.6. The number of pyridine rings is 1. The van der Waals surface area contributed by atoms with Crippen molar-refractivity contribution < 1.29 is 13.2 Å². The number of hydrogen-bond donors (Lipinski definition) is 0. The summed E-state index contributed by atoms with van der Waals surface area (Å²) in [5, 5.41) is 7.10. The lowest BCUT2D eigenvalue weighted by atomic mass is 10.1. The lowest BCUT2D eigenvalue weighted by Crippen LogP contribution is -2.50. The van der Waals surface area contributed by atoms with Crippen molar-refractivity contribution in [1.29, 1.82) is 0 Å². The predicted molar refractivity (Wildman–Crippen MR) is 132 cm³/mol. The minimum absolute atomic E-state index is 0.131. The first-order chi connectivity index (χ1) is 16.4. The fourth-order valence-electron chi connectivity index (χ4n) is 4.17. The van der Waals surface area contributed by atoms with Crippen LogP contribution in [-0.2, 0) is 16.6 Å². The van der Waals surface area contributed by atoms with Crippen LogP contribution >= 0.6 is 11.3 Å². The standard InChI is InChI=1S/C24H25N5O3S2/c1-3-29-23-20(16-25-29)19(15-21(26-23)22-5-4-14-33-22)24(30)27-10-12-28(13-11-27)34(31,32)18-8-6-17(2)7-9-18/h4-9,14-16H,3,10-13H2,1-2H3. The molecule has 1 aliphatic heterocycles. The molecular weight excluding hydrogens is 470 g/mol. The minimum atomic E-state index is -3.59. The number of hydrogen-bond acceptors (Lipinski definition) is 6. The number of nitrogens with zero attached hydrogens (tertiary/aromatic N) is 5. The van der Waals surface area contributed by atoms with E-state index in [-0.39, 0.29) is 23.9 Å². The van der Waals surface area contributed by atoms with Crippen LogP contribution in [0.3, 0.4) is 0 Å². The third-order valence-corrected chi connectivity index (χ3v) is 8.90. The monoisotopic (exact) mass is 495 g/mol. The van der Waals surface area contributed by atoms with Crippen LogP contribution in [0.15, 0.2) is 58.9 Å². The Morgan fingerprint density at radius 1 is 1.09 bits per heavy atom. The summed E-state index contributed by atoms with van der Waals surface area (Å²) in [5.41, 5.74) is 2.97. The van der Waals surface area contributed by atoms with Crippen molar-refractivity contribution in [1.82, 2.24) is 24.0 Å². The van der Waals surface area contributed by atoms with E-state index in [2.05, 4.69) is 5.10 Å². The second kappa shape index (κ2) is 8.94. The van der Waals surface area contributed by atoms with Crippen molar-refractivity contribution in [3.05, 3.63) is 65.2 Å². The normalized spacial score (nSPS) is 15.2. The maximum absolute atomic E-state index is 13.6. The van der Waals surface area contributed by atoms with Crippen LogP contribution in [0.5, 0.6) is 0 Å². The quantitative estimate of drug-likeness (QED) is 0.422. The SMILES string of the molecule is CCn1ncc2c(C(=O)N3CCN(S(=O)(=O)c4ccc(C)cc4)CC3)cc(-c3cccs3)nc21. The van der Waals surface area contributed by atoms with Gasteiger partial charge in [-0.1, -0.05) is 23.8 Å². The number of carbonyl (C=O) groups is 1. The third-order valence-electron chi connectivity index (χ3n) is 6.10. The second-order valence-corrected chi connectivity index (χ2v) is 11.1. The molecule has 4 heterocycles. The van der Waals surface area contributed by atoms with Crippen LogP contribution < -0.4 is 0 Å². The Kier molecular flexibility index (Phi) is 5.97. The summed E-state index contributed by atoms with van der Waals surface area (Å²) in [6.45, 7) is 5.71. The molecular formula is C24H25N5O3S2. The molecule has 4 aromatic rings. The summed E-state index contributed by atoms with van der Waals surface area (Å²) in [6.07, 6.45) is 1.69. The van der Waals surface area contributed by atoms with Gasteiger partial charge >= 0.3 is 0 Å². The van der Waals surface area contributed by atoms with Gasteiger partial charge in [-0.05, 0) is 43.5 Å². The van der Waals surface area contributed by atoms with Gasteiger partial charge in [0, 0.05) is 32.7 Å². The van der Waals surface area contributed by atoms with Gasteiger partial charge in [-0.15, -0.1) is 11.3 Å². The summed E-state index contributed by atoms with van der Waals surface area (Å²) in [5.74, 6) is -0.131. The highest BCUT2D eigenvalue weighted by Crippen LogP contribution is 2.29. The van der Waals surface area contributed by atoms with Gasteiger partial charge in [0.1, 0.15) is 0 Å². The average Bonchev–Trinajstić information content (AvgIpc) is 3.53. The Morgan fingerprint density at radius 3 is 2.47 bits per heavy atom. The first kappa shape index (κ1) is 22.7. The van der Waals surface area contributed by atoms with Crippen molar-refractivity contribution in [3.63, 3.8) is 0 Å². The fraction of sp³-hybridized carbons (Fsp3) is 0.292. The Bertz CT molecular complexity index is 1440. The second-order valence-electron chi connectivity index (χ2n) is 8.24.